The van der Waals surface area contributed by atoms with Crippen molar-refractivity contribution in [3.63, 3.8) is 0 Å². The number of ether oxygens (including phenoxy) is 1. The van der Waals surface area contributed by atoms with Crippen molar-refractivity contribution in [3.8, 4) is 0 Å². The molecule has 1 heterocycles. The molecule has 0 aliphatic carbocycles. The Hall–Kier alpha value is -2.03. The zero-order valence-electron chi connectivity index (χ0n) is 10.8. The van der Waals surface area contributed by atoms with Crippen LogP contribution in [0.25, 0.3) is 16.5 Å². The minimum atomic E-state index is -0.296. The van der Waals surface area contributed by atoms with Crippen molar-refractivity contribution < 1.29 is 13.9 Å². The quantitative estimate of drug-likeness (QED) is 0.609. The number of benzene rings is 1. The second kappa shape index (κ2) is 5.08. The van der Waals surface area contributed by atoms with Crippen LogP contribution < -0.4 is 0 Å². The van der Waals surface area contributed by atoms with Crippen LogP contribution in [0.2, 0.25) is 0 Å². The molecule has 0 fully saturated rings. The Morgan fingerprint density at radius 1 is 1.28 bits per heavy atom. The summed E-state index contributed by atoms with van der Waals surface area (Å²) in [5.74, 6) is 0.414. The molecule has 0 radical (unpaired) electrons. The smallest absolute Gasteiger partial charge is 0.334 e. The van der Waals surface area contributed by atoms with Crippen molar-refractivity contribution in [2.45, 2.75) is 20.8 Å². The van der Waals surface area contributed by atoms with E-state index in [2.05, 4.69) is 0 Å². The summed E-state index contributed by atoms with van der Waals surface area (Å²) in [6.07, 6.45) is 0. The Labute approximate surface area is 106 Å². The van der Waals surface area contributed by atoms with Gasteiger partial charge >= 0.3 is 5.97 Å². The standard InChI is InChI=1S/C15H16O3/c1-4-17-15(16)11(3)10(2)14-9-12-7-5-6-8-13(12)18-14/h5-9H,4H2,1-3H3/b11-10-. The van der Waals surface area contributed by atoms with Gasteiger partial charge in [-0.15, -0.1) is 0 Å². The lowest BCUT2D eigenvalue weighted by atomic mass is 10.1. The van der Waals surface area contributed by atoms with Gasteiger partial charge in [-0.2, -0.15) is 0 Å². The van der Waals surface area contributed by atoms with Crippen molar-refractivity contribution in [3.05, 3.63) is 41.7 Å². The van der Waals surface area contributed by atoms with Gasteiger partial charge in [-0.05, 0) is 32.9 Å². The van der Waals surface area contributed by atoms with Gasteiger partial charge in [-0.25, -0.2) is 4.79 Å². The van der Waals surface area contributed by atoms with Crippen LogP contribution in [0.5, 0.6) is 0 Å². The number of esters is 1. The lowest BCUT2D eigenvalue weighted by molar-refractivity contribution is -0.138. The SMILES string of the molecule is CCOC(=O)/C(C)=C(/C)c1cc2ccccc2o1. The van der Waals surface area contributed by atoms with Crippen LogP contribution in [-0.4, -0.2) is 12.6 Å². The molecule has 0 spiro atoms. The summed E-state index contributed by atoms with van der Waals surface area (Å²) in [5, 5.41) is 1.03. The summed E-state index contributed by atoms with van der Waals surface area (Å²) in [4.78, 5) is 11.7. The highest BCUT2D eigenvalue weighted by Crippen LogP contribution is 2.26. The third kappa shape index (κ3) is 2.30. The Bertz CT molecular complexity index is 572. The number of hydrogen-bond acceptors (Lipinski definition) is 3. The molecule has 2 rings (SSSR count). The number of allylic oxidation sites excluding steroid dienone is 1. The molecular weight excluding hydrogens is 228 g/mol. The summed E-state index contributed by atoms with van der Waals surface area (Å²) >= 11 is 0. The number of para-hydroxylation sites is 1. The molecule has 0 bridgehead atoms. The highest BCUT2D eigenvalue weighted by atomic mass is 16.5. The van der Waals surface area contributed by atoms with Gasteiger partial charge in [0.15, 0.2) is 0 Å². The molecular formula is C15H16O3. The first-order valence-electron chi connectivity index (χ1n) is 5.97. The molecule has 3 nitrogen and oxygen atoms in total. The minimum Gasteiger partial charge on any atom is -0.463 e. The van der Waals surface area contributed by atoms with Gasteiger partial charge in [0.25, 0.3) is 0 Å². The number of rotatable bonds is 3. The molecule has 0 aliphatic heterocycles. The van der Waals surface area contributed by atoms with Gasteiger partial charge in [0, 0.05) is 16.5 Å². The van der Waals surface area contributed by atoms with E-state index in [4.69, 9.17) is 9.15 Å². The average Bonchev–Trinajstić information content (AvgIpc) is 2.81. The second-order valence-corrected chi connectivity index (χ2v) is 4.12. The van der Waals surface area contributed by atoms with Crippen LogP contribution in [0.3, 0.4) is 0 Å². The van der Waals surface area contributed by atoms with E-state index in [9.17, 15) is 4.79 Å². The van der Waals surface area contributed by atoms with E-state index in [0.717, 1.165) is 16.5 Å². The number of fused-ring (bicyclic) bond motifs is 1. The average molecular weight is 244 g/mol. The zero-order valence-corrected chi connectivity index (χ0v) is 10.8. The molecule has 0 aliphatic rings. The van der Waals surface area contributed by atoms with Crippen LogP contribution in [0.15, 0.2) is 40.3 Å². The lowest BCUT2D eigenvalue weighted by Gasteiger charge is -2.04. The molecule has 0 atom stereocenters. The third-order valence-corrected chi connectivity index (χ3v) is 2.94. The van der Waals surface area contributed by atoms with E-state index in [0.29, 0.717) is 17.9 Å². The van der Waals surface area contributed by atoms with Gasteiger partial charge in [0.05, 0.1) is 6.61 Å². The Balaban J connectivity index is 2.41. The summed E-state index contributed by atoms with van der Waals surface area (Å²) < 4.78 is 10.7. The lowest BCUT2D eigenvalue weighted by Crippen LogP contribution is -2.06. The maximum atomic E-state index is 11.7. The van der Waals surface area contributed by atoms with Gasteiger partial charge in [0.2, 0.25) is 0 Å². The first kappa shape index (κ1) is 12.4. The predicted octanol–water partition coefficient (Wildman–Crippen LogP) is 3.79. The third-order valence-electron chi connectivity index (χ3n) is 2.94. The summed E-state index contributed by atoms with van der Waals surface area (Å²) in [7, 11) is 0. The van der Waals surface area contributed by atoms with Gasteiger partial charge in [-0.3, -0.25) is 0 Å². The molecule has 0 saturated heterocycles. The normalized spacial score (nSPS) is 12.4. The molecule has 18 heavy (non-hydrogen) atoms. The van der Waals surface area contributed by atoms with Gasteiger partial charge in [-0.1, -0.05) is 18.2 Å². The first-order valence-corrected chi connectivity index (χ1v) is 5.97. The van der Waals surface area contributed by atoms with Crippen molar-refractivity contribution in [2.24, 2.45) is 0 Å². The number of carbonyl (C=O) groups excluding carboxylic acids is 1. The Kier molecular flexibility index (Phi) is 3.51. The second-order valence-electron chi connectivity index (χ2n) is 4.12. The molecule has 0 unspecified atom stereocenters. The van der Waals surface area contributed by atoms with E-state index in [1.165, 1.54) is 0 Å². The van der Waals surface area contributed by atoms with E-state index >= 15 is 0 Å². The largest absolute Gasteiger partial charge is 0.463 e. The van der Waals surface area contributed by atoms with E-state index in [1.54, 1.807) is 13.8 Å². The summed E-state index contributed by atoms with van der Waals surface area (Å²) in [6.45, 7) is 5.79. The highest BCUT2D eigenvalue weighted by molar-refractivity contribution is 5.97. The number of furan rings is 1. The van der Waals surface area contributed by atoms with Gasteiger partial charge < -0.3 is 9.15 Å². The molecule has 94 valence electrons. The predicted molar refractivity (Wildman–Crippen MR) is 71.1 cm³/mol. The van der Waals surface area contributed by atoms with Crippen molar-refractivity contribution in [1.82, 2.24) is 0 Å². The fraction of sp³-hybridized carbons (Fsp3) is 0.267. The number of carbonyl (C=O) groups is 1. The highest BCUT2D eigenvalue weighted by Gasteiger charge is 2.13. The van der Waals surface area contributed by atoms with E-state index < -0.39 is 0 Å². The topological polar surface area (TPSA) is 39.4 Å². The maximum absolute atomic E-state index is 11.7. The molecule has 0 N–H and O–H groups in total. The van der Waals surface area contributed by atoms with Crippen LogP contribution in [0, 0.1) is 0 Å². The maximum Gasteiger partial charge on any atom is 0.334 e. The summed E-state index contributed by atoms with van der Waals surface area (Å²) in [6, 6.07) is 9.71. The summed E-state index contributed by atoms with van der Waals surface area (Å²) in [5.41, 5.74) is 2.21. The number of hydrogen-bond donors (Lipinski definition) is 0. The van der Waals surface area contributed by atoms with Crippen LogP contribution >= 0.6 is 0 Å². The zero-order chi connectivity index (χ0) is 13.1. The van der Waals surface area contributed by atoms with Crippen molar-refractivity contribution >= 4 is 22.5 Å². The monoisotopic (exact) mass is 244 g/mol. The van der Waals surface area contributed by atoms with Gasteiger partial charge in [0.1, 0.15) is 11.3 Å². The Morgan fingerprint density at radius 2 is 2.00 bits per heavy atom. The fourth-order valence-electron chi connectivity index (χ4n) is 1.74. The van der Waals surface area contributed by atoms with Crippen LogP contribution in [0.4, 0.5) is 0 Å². The van der Waals surface area contributed by atoms with Crippen LogP contribution in [-0.2, 0) is 9.53 Å². The van der Waals surface area contributed by atoms with E-state index in [-0.39, 0.29) is 5.97 Å². The first-order chi connectivity index (χ1) is 8.63. The molecule has 3 heteroatoms. The molecule has 0 amide bonds. The Morgan fingerprint density at radius 3 is 2.67 bits per heavy atom. The molecule has 1 aromatic carbocycles. The van der Waals surface area contributed by atoms with Crippen molar-refractivity contribution in [2.75, 3.05) is 6.61 Å². The molecule has 1 aromatic heterocycles. The van der Waals surface area contributed by atoms with Crippen molar-refractivity contribution in [1.29, 1.82) is 0 Å². The fourth-order valence-corrected chi connectivity index (χ4v) is 1.74. The molecule has 2 aromatic rings. The van der Waals surface area contributed by atoms with Crippen LogP contribution in [0.1, 0.15) is 26.5 Å². The van der Waals surface area contributed by atoms with E-state index in [1.807, 2.05) is 37.3 Å². The minimum absolute atomic E-state index is 0.296. The molecule has 0 saturated carbocycles.